The van der Waals surface area contributed by atoms with E-state index in [0.29, 0.717) is 28.6 Å². The van der Waals surface area contributed by atoms with Crippen LogP contribution in [0.1, 0.15) is 23.6 Å². The van der Waals surface area contributed by atoms with Crippen LogP contribution in [0.15, 0.2) is 72.8 Å². The normalized spacial score (nSPS) is 11.6. The summed E-state index contributed by atoms with van der Waals surface area (Å²) >= 11 is 12.2. The number of benzene rings is 3. The summed E-state index contributed by atoms with van der Waals surface area (Å²) in [6.07, 6.45) is 0.149. The molecule has 7 heteroatoms. The van der Waals surface area contributed by atoms with Gasteiger partial charge < -0.3 is 10.2 Å². The molecule has 1 atom stereocenters. The molecule has 0 spiro atoms. The third-order valence-corrected chi connectivity index (χ3v) is 6.00. The van der Waals surface area contributed by atoms with Crippen LogP contribution in [0.3, 0.4) is 0 Å². The van der Waals surface area contributed by atoms with Crippen molar-refractivity contribution in [2.45, 2.75) is 32.4 Å². The number of carbonyl (C=O) groups is 2. The topological polar surface area (TPSA) is 49.4 Å². The number of hydrogen-bond acceptors (Lipinski definition) is 2. The molecule has 172 valence electrons. The molecule has 0 radical (unpaired) electrons. The van der Waals surface area contributed by atoms with E-state index in [1.54, 1.807) is 36.4 Å². The highest BCUT2D eigenvalue weighted by Crippen LogP contribution is 2.25. The number of rotatable bonds is 9. The Morgan fingerprint density at radius 2 is 1.64 bits per heavy atom. The molecule has 0 unspecified atom stereocenters. The Bertz CT molecular complexity index is 1110. The lowest BCUT2D eigenvalue weighted by Crippen LogP contribution is -2.51. The Morgan fingerprint density at radius 3 is 2.30 bits per heavy atom. The van der Waals surface area contributed by atoms with Crippen molar-refractivity contribution in [3.05, 3.63) is 105 Å². The maximum atomic E-state index is 14.3. The van der Waals surface area contributed by atoms with E-state index in [1.165, 1.54) is 11.0 Å². The Labute approximate surface area is 203 Å². The van der Waals surface area contributed by atoms with Crippen LogP contribution in [-0.4, -0.2) is 29.3 Å². The second-order valence-electron chi connectivity index (χ2n) is 7.64. The van der Waals surface area contributed by atoms with Crippen molar-refractivity contribution < 1.29 is 14.0 Å². The monoisotopic (exact) mass is 486 g/mol. The lowest BCUT2D eigenvalue weighted by molar-refractivity contribution is -0.140. The highest BCUT2D eigenvalue weighted by molar-refractivity contribution is 6.42. The van der Waals surface area contributed by atoms with E-state index >= 15 is 0 Å². The average Bonchev–Trinajstić information content (AvgIpc) is 2.80. The number of halogens is 3. The Balaban J connectivity index is 1.98. The van der Waals surface area contributed by atoms with Gasteiger partial charge in [0.15, 0.2) is 0 Å². The van der Waals surface area contributed by atoms with Gasteiger partial charge in [-0.1, -0.05) is 77.8 Å². The highest BCUT2D eigenvalue weighted by Gasteiger charge is 2.30. The van der Waals surface area contributed by atoms with Crippen molar-refractivity contribution in [2.75, 3.05) is 6.54 Å². The molecular weight excluding hydrogens is 462 g/mol. The van der Waals surface area contributed by atoms with Gasteiger partial charge in [0.2, 0.25) is 11.8 Å². The maximum absolute atomic E-state index is 14.3. The fourth-order valence-corrected chi connectivity index (χ4v) is 3.91. The maximum Gasteiger partial charge on any atom is 0.243 e. The largest absolute Gasteiger partial charge is 0.355 e. The first-order chi connectivity index (χ1) is 15.9. The number of likely N-dealkylation sites (N-methyl/N-ethyl adjacent to an activating group) is 1. The fourth-order valence-electron chi connectivity index (χ4n) is 3.59. The van der Waals surface area contributed by atoms with Gasteiger partial charge in [-0.3, -0.25) is 9.59 Å². The summed E-state index contributed by atoms with van der Waals surface area (Å²) in [5.74, 6) is -1.10. The van der Waals surface area contributed by atoms with E-state index in [-0.39, 0.29) is 30.3 Å². The van der Waals surface area contributed by atoms with Gasteiger partial charge in [-0.15, -0.1) is 0 Å². The second kappa shape index (κ2) is 11.8. The van der Waals surface area contributed by atoms with Gasteiger partial charge in [-0.2, -0.15) is 0 Å². The lowest BCUT2D eigenvalue weighted by atomic mass is 10.0. The molecule has 0 aliphatic carbocycles. The predicted molar refractivity (Wildman–Crippen MR) is 130 cm³/mol. The molecule has 4 nitrogen and oxygen atoms in total. The molecule has 0 heterocycles. The number of carbonyl (C=O) groups excluding carboxylic acids is 2. The predicted octanol–water partition coefficient (Wildman–Crippen LogP) is 5.45. The standard InChI is InChI=1S/C26H25Cl2FN2O2/c1-2-30-26(33)24(15-18-8-4-3-5-9-18)31(17-19-12-13-21(27)22(28)14-19)25(32)16-20-10-6-7-11-23(20)29/h3-14,24H,2,15-17H2,1H3,(H,30,33)/t24-/m0/s1. The number of nitrogens with zero attached hydrogens (tertiary/aromatic N) is 1. The van der Waals surface area contributed by atoms with Gasteiger partial charge >= 0.3 is 0 Å². The first-order valence-electron chi connectivity index (χ1n) is 10.7. The molecule has 33 heavy (non-hydrogen) atoms. The van der Waals surface area contributed by atoms with Crippen LogP contribution in [0.4, 0.5) is 4.39 Å². The zero-order valence-electron chi connectivity index (χ0n) is 18.2. The minimum atomic E-state index is -0.791. The van der Waals surface area contributed by atoms with Gasteiger partial charge in [0.25, 0.3) is 0 Å². The first kappa shape index (κ1) is 24.7. The molecule has 0 aromatic heterocycles. The summed E-state index contributed by atoms with van der Waals surface area (Å²) < 4.78 is 14.3. The van der Waals surface area contributed by atoms with E-state index in [4.69, 9.17) is 23.2 Å². The van der Waals surface area contributed by atoms with Crippen molar-refractivity contribution in [3.63, 3.8) is 0 Å². The van der Waals surface area contributed by atoms with Gasteiger partial charge in [0, 0.05) is 19.5 Å². The van der Waals surface area contributed by atoms with Gasteiger partial charge in [0.05, 0.1) is 16.5 Å². The molecule has 1 N–H and O–H groups in total. The zero-order chi connectivity index (χ0) is 23.8. The summed E-state index contributed by atoms with van der Waals surface area (Å²) in [6.45, 7) is 2.37. The molecule has 0 saturated carbocycles. The molecule has 3 rings (SSSR count). The van der Waals surface area contributed by atoms with Gasteiger partial charge in [-0.25, -0.2) is 4.39 Å². The number of nitrogens with one attached hydrogen (secondary N) is 1. The Morgan fingerprint density at radius 1 is 0.939 bits per heavy atom. The van der Waals surface area contributed by atoms with E-state index in [0.717, 1.165) is 5.56 Å². The smallest absolute Gasteiger partial charge is 0.243 e. The van der Waals surface area contributed by atoms with E-state index in [9.17, 15) is 14.0 Å². The van der Waals surface area contributed by atoms with Gasteiger partial charge in [0.1, 0.15) is 11.9 Å². The molecule has 0 aliphatic heterocycles. The minimum absolute atomic E-state index is 0.124. The lowest BCUT2D eigenvalue weighted by Gasteiger charge is -2.31. The van der Waals surface area contributed by atoms with Crippen LogP contribution >= 0.6 is 23.2 Å². The van der Waals surface area contributed by atoms with Crippen LogP contribution in [0, 0.1) is 5.82 Å². The van der Waals surface area contributed by atoms with E-state index in [1.807, 2.05) is 37.3 Å². The second-order valence-corrected chi connectivity index (χ2v) is 8.45. The Hall–Kier alpha value is -2.89. The van der Waals surface area contributed by atoms with Crippen molar-refractivity contribution in [3.8, 4) is 0 Å². The highest BCUT2D eigenvalue weighted by atomic mass is 35.5. The molecule has 2 amide bonds. The molecular formula is C26H25Cl2FN2O2. The van der Waals surface area contributed by atoms with Crippen LogP contribution in [0.5, 0.6) is 0 Å². The molecule has 3 aromatic carbocycles. The van der Waals surface area contributed by atoms with Gasteiger partial charge in [-0.05, 0) is 41.8 Å². The summed E-state index contributed by atoms with van der Waals surface area (Å²) in [5, 5.41) is 3.58. The van der Waals surface area contributed by atoms with E-state index < -0.39 is 11.9 Å². The van der Waals surface area contributed by atoms with E-state index in [2.05, 4.69) is 5.32 Å². The van der Waals surface area contributed by atoms with Crippen LogP contribution in [0.25, 0.3) is 0 Å². The Kier molecular flexibility index (Phi) is 8.87. The molecule has 0 saturated heterocycles. The minimum Gasteiger partial charge on any atom is -0.355 e. The zero-order valence-corrected chi connectivity index (χ0v) is 19.7. The number of amides is 2. The van der Waals surface area contributed by atoms with Crippen molar-refractivity contribution >= 4 is 35.0 Å². The molecule has 0 aliphatic rings. The quantitative estimate of drug-likeness (QED) is 0.437. The molecule has 0 bridgehead atoms. The van der Waals surface area contributed by atoms with Crippen molar-refractivity contribution in [2.24, 2.45) is 0 Å². The first-order valence-corrected chi connectivity index (χ1v) is 11.4. The summed E-state index contributed by atoms with van der Waals surface area (Å²) in [5.41, 5.74) is 1.90. The third-order valence-electron chi connectivity index (χ3n) is 5.26. The SMILES string of the molecule is CCNC(=O)[C@H](Cc1ccccc1)N(Cc1ccc(Cl)c(Cl)c1)C(=O)Cc1ccccc1F. The molecule has 3 aromatic rings. The fraction of sp³-hybridized carbons (Fsp3) is 0.231. The van der Waals surface area contributed by atoms with Crippen LogP contribution in [-0.2, 0) is 29.0 Å². The van der Waals surface area contributed by atoms with Crippen molar-refractivity contribution in [1.82, 2.24) is 10.2 Å². The number of hydrogen-bond donors (Lipinski definition) is 1. The van der Waals surface area contributed by atoms with Crippen molar-refractivity contribution in [1.29, 1.82) is 0 Å². The summed E-state index contributed by atoms with van der Waals surface area (Å²) in [7, 11) is 0. The van der Waals surface area contributed by atoms with Crippen LogP contribution in [0.2, 0.25) is 10.0 Å². The average molecular weight is 487 g/mol. The summed E-state index contributed by atoms with van der Waals surface area (Å²) in [6, 6.07) is 19.9. The summed E-state index contributed by atoms with van der Waals surface area (Å²) in [4.78, 5) is 28.1. The van der Waals surface area contributed by atoms with Crippen LogP contribution < -0.4 is 5.32 Å². The third kappa shape index (κ3) is 6.80. The molecule has 0 fully saturated rings.